The van der Waals surface area contributed by atoms with Crippen molar-refractivity contribution in [2.75, 3.05) is 26.7 Å². The van der Waals surface area contributed by atoms with Crippen molar-refractivity contribution in [3.8, 4) is 0 Å². The number of benzene rings is 1. The Hall–Kier alpha value is -1.14. The molecule has 0 bridgehead atoms. The fourth-order valence-electron chi connectivity index (χ4n) is 2.84. The van der Waals surface area contributed by atoms with Crippen LogP contribution in [0.1, 0.15) is 25.3 Å². The number of hydrogen-bond acceptors (Lipinski definition) is 2. The van der Waals surface area contributed by atoms with Gasteiger partial charge in [0.1, 0.15) is 5.82 Å². The van der Waals surface area contributed by atoms with Crippen molar-refractivity contribution in [2.45, 2.75) is 32.4 Å². The molecular formula is C16H24BrFN4. The van der Waals surface area contributed by atoms with Gasteiger partial charge in [-0.2, -0.15) is 0 Å². The van der Waals surface area contributed by atoms with Crippen LogP contribution in [0.15, 0.2) is 27.7 Å². The Labute approximate surface area is 140 Å². The highest BCUT2D eigenvalue weighted by Crippen LogP contribution is 2.17. The van der Waals surface area contributed by atoms with Crippen LogP contribution in [0, 0.1) is 5.82 Å². The third-order valence-electron chi connectivity index (χ3n) is 4.09. The van der Waals surface area contributed by atoms with Crippen LogP contribution in [0.25, 0.3) is 0 Å². The minimum Gasteiger partial charge on any atom is -0.355 e. The van der Waals surface area contributed by atoms with Crippen LogP contribution < -0.4 is 10.6 Å². The minimum absolute atomic E-state index is 0.229. The first kappa shape index (κ1) is 17.2. The second-order valence-corrected chi connectivity index (χ2v) is 6.32. The van der Waals surface area contributed by atoms with Gasteiger partial charge >= 0.3 is 0 Å². The second kappa shape index (κ2) is 8.48. The predicted octanol–water partition coefficient (Wildman–Crippen LogP) is 2.74. The van der Waals surface area contributed by atoms with Gasteiger partial charge < -0.3 is 10.6 Å². The maximum atomic E-state index is 13.3. The molecule has 6 heteroatoms. The van der Waals surface area contributed by atoms with Gasteiger partial charge in [-0.1, -0.05) is 22.9 Å². The first-order chi connectivity index (χ1) is 10.6. The van der Waals surface area contributed by atoms with Crippen molar-refractivity contribution >= 4 is 21.9 Å². The zero-order chi connectivity index (χ0) is 15.9. The molecule has 1 saturated heterocycles. The zero-order valence-corrected chi connectivity index (χ0v) is 14.8. The molecule has 0 spiro atoms. The molecule has 122 valence electrons. The highest BCUT2D eigenvalue weighted by molar-refractivity contribution is 9.10. The van der Waals surface area contributed by atoms with E-state index in [-0.39, 0.29) is 5.82 Å². The monoisotopic (exact) mass is 370 g/mol. The maximum Gasteiger partial charge on any atom is 0.191 e. The van der Waals surface area contributed by atoms with E-state index >= 15 is 0 Å². The van der Waals surface area contributed by atoms with Crippen LogP contribution in [-0.2, 0) is 6.54 Å². The normalized spacial score (nSPS) is 19.5. The third kappa shape index (κ3) is 4.68. The van der Waals surface area contributed by atoms with E-state index in [2.05, 4.69) is 43.4 Å². The molecule has 1 aromatic rings. The number of halogens is 2. The molecule has 1 aromatic carbocycles. The van der Waals surface area contributed by atoms with E-state index in [0.717, 1.165) is 29.1 Å². The molecule has 22 heavy (non-hydrogen) atoms. The summed E-state index contributed by atoms with van der Waals surface area (Å²) < 4.78 is 14.2. The number of rotatable bonds is 5. The number of nitrogens with zero attached hydrogens (tertiary/aromatic N) is 2. The third-order valence-corrected chi connectivity index (χ3v) is 4.86. The van der Waals surface area contributed by atoms with E-state index in [0.29, 0.717) is 12.6 Å². The van der Waals surface area contributed by atoms with Gasteiger partial charge in [-0.15, -0.1) is 0 Å². The molecule has 1 unspecified atom stereocenters. The SMILES string of the molecule is CCN1CCCC1CNC(=NC)NCc1cc(F)ccc1Br. The zero-order valence-electron chi connectivity index (χ0n) is 13.2. The van der Waals surface area contributed by atoms with E-state index in [1.54, 1.807) is 13.1 Å². The van der Waals surface area contributed by atoms with Gasteiger partial charge in [0.25, 0.3) is 0 Å². The van der Waals surface area contributed by atoms with Gasteiger partial charge in [-0.25, -0.2) is 4.39 Å². The van der Waals surface area contributed by atoms with Gasteiger partial charge in [0.2, 0.25) is 0 Å². The lowest BCUT2D eigenvalue weighted by molar-refractivity contribution is 0.267. The number of guanidine groups is 1. The topological polar surface area (TPSA) is 39.7 Å². The van der Waals surface area contributed by atoms with E-state index in [4.69, 9.17) is 0 Å². The number of nitrogens with one attached hydrogen (secondary N) is 2. The molecule has 0 saturated carbocycles. The fourth-order valence-corrected chi connectivity index (χ4v) is 3.22. The molecule has 0 radical (unpaired) electrons. The van der Waals surface area contributed by atoms with E-state index < -0.39 is 0 Å². The number of hydrogen-bond donors (Lipinski definition) is 2. The van der Waals surface area contributed by atoms with Crippen LogP contribution in [0.5, 0.6) is 0 Å². The van der Waals surface area contributed by atoms with Crippen LogP contribution in [0.2, 0.25) is 0 Å². The van der Waals surface area contributed by atoms with Crippen molar-refractivity contribution < 1.29 is 4.39 Å². The summed E-state index contributed by atoms with van der Waals surface area (Å²) in [5.41, 5.74) is 0.874. The average Bonchev–Trinajstić information content (AvgIpc) is 2.98. The Kier molecular flexibility index (Phi) is 6.64. The highest BCUT2D eigenvalue weighted by Gasteiger charge is 2.22. The van der Waals surface area contributed by atoms with Crippen LogP contribution >= 0.6 is 15.9 Å². The smallest absolute Gasteiger partial charge is 0.191 e. The summed E-state index contributed by atoms with van der Waals surface area (Å²) in [6.07, 6.45) is 2.50. The molecule has 1 aliphatic heterocycles. The minimum atomic E-state index is -0.229. The standard InChI is InChI=1S/C16H24BrFN4/c1-3-22-8-4-5-14(22)11-21-16(19-2)20-10-12-9-13(18)6-7-15(12)17/h6-7,9,14H,3-5,8,10-11H2,1-2H3,(H2,19,20,21). The van der Waals surface area contributed by atoms with Gasteiger partial charge in [0.15, 0.2) is 5.96 Å². The van der Waals surface area contributed by atoms with Crippen LogP contribution in [0.3, 0.4) is 0 Å². The predicted molar refractivity (Wildman–Crippen MR) is 92.6 cm³/mol. The Morgan fingerprint density at radius 3 is 3.00 bits per heavy atom. The molecule has 1 fully saturated rings. The van der Waals surface area contributed by atoms with E-state index in [1.165, 1.54) is 31.5 Å². The molecule has 1 aliphatic rings. The van der Waals surface area contributed by atoms with Gasteiger partial charge in [-0.3, -0.25) is 9.89 Å². The molecule has 2 N–H and O–H groups in total. The first-order valence-corrected chi connectivity index (χ1v) is 8.55. The van der Waals surface area contributed by atoms with Crippen molar-refractivity contribution in [1.82, 2.24) is 15.5 Å². The molecular weight excluding hydrogens is 347 g/mol. The molecule has 4 nitrogen and oxygen atoms in total. The van der Waals surface area contributed by atoms with E-state index in [1.807, 2.05) is 0 Å². The molecule has 0 amide bonds. The van der Waals surface area contributed by atoms with Crippen LogP contribution in [0.4, 0.5) is 4.39 Å². The van der Waals surface area contributed by atoms with Crippen molar-refractivity contribution in [2.24, 2.45) is 4.99 Å². The summed E-state index contributed by atoms with van der Waals surface area (Å²) in [4.78, 5) is 6.72. The Morgan fingerprint density at radius 2 is 2.27 bits per heavy atom. The maximum absolute atomic E-state index is 13.3. The quantitative estimate of drug-likeness (QED) is 0.618. The fraction of sp³-hybridized carbons (Fsp3) is 0.562. The first-order valence-electron chi connectivity index (χ1n) is 7.76. The van der Waals surface area contributed by atoms with Crippen molar-refractivity contribution in [3.05, 3.63) is 34.1 Å². The van der Waals surface area contributed by atoms with Crippen molar-refractivity contribution in [3.63, 3.8) is 0 Å². The lowest BCUT2D eigenvalue weighted by atomic mass is 10.2. The summed E-state index contributed by atoms with van der Waals surface area (Å²) >= 11 is 3.44. The van der Waals surface area contributed by atoms with Crippen molar-refractivity contribution in [1.29, 1.82) is 0 Å². The summed E-state index contributed by atoms with van der Waals surface area (Å²) in [7, 11) is 1.75. The second-order valence-electron chi connectivity index (χ2n) is 5.47. The molecule has 2 rings (SSSR count). The average molecular weight is 371 g/mol. The Bertz CT molecular complexity index is 521. The Morgan fingerprint density at radius 1 is 1.45 bits per heavy atom. The van der Waals surface area contributed by atoms with Gasteiger partial charge in [-0.05, 0) is 49.7 Å². The molecule has 1 heterocycles. The summed E-state index contributed by atoms with van der Waals surface area (Å²) in [5.74, 6) is 0.520. The molecule has 0 aliphatic carbocycles. The van der Waals surface area contributed by atoms with Gasteiger partial charge in [0, 0.05) is 30.7 Å². The lowest BCUT2D eigenvalue weighted by Crippen LogP contribution is -2.44. The largest absolute Gasteiger partial charge is 0.355 e. The Balaban J connectivity index is 1.84. The summed E-state index contributed by atoms with van der Waals surface area (Å²) in [5, 5.41) is 6.60. The molecule has 0 aromatic heterocycles. The summed E-state index contributed by atoms with van der Waals surface area (Å²) in [6.45, 7) is 5.89. The number of aliphatic imine (C=N–C) groups is 1. The van der Waals surface area contributed by atoms with E-state index in [9.17, 15) is 4.39 Å². The highest BCUT2D eigenvalue weighted by atomic mass is 79.9. The van der Waals surface area contributed by atoms with Gasteiger partial charge in [0.05, 0.1) is 0 Å². The van der Waals surface area contributed by atoms with Crippen LogP contribution in [-0.4, -0.2) is 43.6 Å². The number of likely N-dealkylation sites (tertiary alicyclic amines) is 1. The lowest BCUT2D eigenvalue weighted by Gasteiger charge is -2.24. The number of likely N-dealkylation sites (N-methyl/N-ethyl adjacent to an activating group) is 1. The summed E-state index contributed by atoms with van der Waals surface area (Å²) in [6, 6.07) is 5.27. The molecule has 1 atom stereocenters.